The first-order valence-electron chi connectivity index (χ1n) is 3.40. The molecule has 0 spiro atoms. The maximum Gasteiger partial charge on any atom is 0.154 e. The van der Waals surface area contributed by atoms with Crippen LogP contribution in [0.1, 0.15) is 5.56 Å². The summed E-state index contributed by atoms with van der Waals surface area (Å²) in [6.07, 6.45) is 0.959. The number of ether oxygens (including phenoxy) is 1. The van der Waals surface area contributed by atoms with E-state index in [1.54, 1.807) is 0 Å². The molecule has 0 amide bonds. The predicted molar refractivity (Wildman–Crippen MR) is 47.3 cm³/mol. The molecule has 0 radical (unpaired) electrons. The van der Waals surface area contributed by atoms with Gasteiger partial charge in [-0.25, -0.2) is 4.39 Å². The summed E-state index contributed by atoms with van der Waals surface area (Å²) in [5.41, 5.74) is 0.105. The van der Waals surface area contributed by atoms with E-state index < -0.39 is 5.82 Å². The van der Waals surface area contributed by atoms with Gasteiger partial charge in [-0.1, -0.05) is 16.8 Å². The quantitative estimate of drug-likeness (QED) is 0.455. The Morgan fingerprint density at radius 2 is 2.31 bits per heavy atom. The fraction of sp³-hybridized carbons (Fsp3) is 0.125. The average Bonchev–Trinajstić information content (AvgIpc) is 2.14. The maximum absolute atomic E-state index is 13.2. The third-order valence-corrected chi connectivity index (χ3v) is 1.85. The average molecular weight is 204 g/mol. The van der Waals surface area contributed by atoms with Gasteiger partial charge in [0.1, 0.15) is 10.8 Å². The Morgan fingerprint density at radius 1 is 1.62 bits per heavy atom. The van der Waals surface area contributed by atoms with E-state index in [0.29, 0.717) is 0 Å². The lowest BCUT2D eigenvalue weighted by Gasteiger charge is -2.04. The van der Waals surface area contributed by atoms with Crippen LogP contribution in [0.2, 0.25) is 5.02 Å². The highest BCUT2D eigenvalue weighted by Crippen LogP contribution is 2.28. The molecular formula is C8H7ClFNO2. The van der Waals surface area contributed by atoms with E-state index in [1.807, 2.05) is 0 Å². The molecule has 0 heterocycles. The molecule has 1 N–H and O–H groups in total. The molecule has 0 aromatic heterocycles. The van der Waals surface area contributed by atoms with Gasteiger partial charge in [-0.15, -0.1) is 0 Å². The third kappa shape index (κ3) is 1.89. The van der Waals surface area contributed by atoms with Gasteiger partial charge in [0.15, 0.2) is 5.82 Å². The maximum atomic E-state index is 13.2. The minimum absolute atomic E-state index is 0.105. The van der Waals surface area contributed by atoms with Gasteiger partial charge >= 0.3 is 0 Å². The Hall–Kier alpha value is -1.29. The minimum Gasteiger partial charge on any atom is -0.495 e. The van der Waals surface area contributed by atoms with Gasteiger partial charge in [0.25, 0.3) is 0 Å². The Bertz CT molecular complexity index is 341. The molecule has 0 atom stereocenters. The number of hydrogen-bond donors (Lipinski definition) is 1. The first kappa shape index (κ1) is 9.80. The summed E-state index contributed by atoms with van der Waals surface area (Å²) >= 11 is 5.59. The highest BCUT2D eigenvalue weighted by molar-refractivity contribution is 6.32. The predicted octanol–water partition coefficient (Wildman–Crippen LogP) is 2.30. The van der Waals surface area contributed by atoms with Crippen LogP contribution in [0, 0.1) is 5.82 Å². The number of methoxy groups -OCH3 is 1. The number of halogens is 2. The van der Waals surface area contributed by atoms with E-state index in [-0.39, 0.29) is 16.3 Å². The number of rotatable bonds is 2. The second-order valence-electron chi connectivity index (χ2n) is 2.23. The number of oxime groups is 1. The molecule has 0 unspecified atom stereocenters. The molecule has 5 heteroatoms. The largest absolute Gasteiger partial charge is 0.495 e. The van der Waals surface area contributed by atoms with Crippen LogP contribution in [0.25, 0.3) is 0 Å². The van der Waals surface area contributed by atoms with Crippen molar-refractivity contribution in [1.29, 1.82) is 0 Å². The molecule has 0 aliphatic heterocycles. The van der Waals surface area contributed by atoms with Crippen molar-refractivity contribution in [3.05, 3.63) is 28.5 Å². The topological polar surface area (TPSA) is 41.8 Å². The number of hydrogen-bond acceptors (Lipinski definition) is 3. The van der Waals surface area contributed by atoms with Crippen molar-refractivity contribution in [3.63, 3.8) is 0 Å². The van der Waals surface area contributed by atoms with Crippen molar-refractivity contribution in [2.75, 3.05) is 7.11 Å². The molecule has 70 valence electrons. The summed E-state index contributed by atoms with van der Waals surface area (Å²) in [7, 11) is 1.39. The normalized spacial score (nSPS) is 10.7. The monoisotopic (exact) mass is 203 g/mol. The van der Waals surface area contributed by atoms with E-state index in [2.05, 4.69) is 5.16 Å². The van der Waals surface area contributed by atoms with Gasteiger partial charge in [0.2, 0.25) is 0 Å². The SMILES string of the molecule is COc1ccc(/C=N\O)c(F)c1Cl. The second kappa shape index (κ2) is 4.09. The van der Waals surface area contributed by atoms with Crippen LogP contribution < -0.4 is 4.74 Å². The Labute approximate surface area is 79.4 Å². The summed E-state index contributed by atoms with van der Waals surface area (Å²) < 4.78 is 18.0. The standard InChI is InChI=1S/C8H7ClFNO2/c1-13-6-3-2-5(4-11-12)8(10)7(6)9/h2-4,12H,1H3/b11-4-. The Morgan fingerprint density at radius 3 is 2.85 bits per heavy atom. The van der Waals surface area contributed by atoms with Crippen LogP contribution in [-0.2, 0) is 0 Å². The molecule has 3 nitrogen and oxygen atoms in total. The van der Waals surface area contributed by atoms with Gasteiger partial charge < -0.3 is 9.94 Å². The van der Waals surface area contributed by atoms with E-state index in [4.69, 9.17) is 21.5 Å². The van der Waals surface area contributed by atoms with Gasteiger partial charge in [-0.3, -0.25) is 0 Å². The highest BCUT2D eigenvalue weighted by atomic mass is 35.5. The van der Waals surface area contributed by atoms with Crippen molar-refractivity contribution in [2.24, 2.45) is 5.16 Å². The molecular weight excluding hydrogens is 197 g/mol. The summed E-state index contributed by atoms with van der Waals surface area (Å²) in [4.78, 5) is 0. The molecule has 0 saturated carbocycles. The van der Waals surface area contributed by atoms with Crippen LogP contribution in [0.3, 0.4) is 0 Å². The van der Waals surface area contributed by atoms with Gasteiger partial charge in [-0.05, 0) is 12.1 Å². The van der Waals surface area contributed by atoms with Crippen molar-refractivity contribution < 1.29 is 14.3 Å². The van der Waals surface area contributed by atoms with Gasteiger partial charge in [-0.2, -0.15) is 0 Å². The molecule has 1 aromatic rings. The molecule has 0 saturated heterocycles. The van der Waals surface area contributed by atoms with Crippen LogP contribution >= 0.6 is 11.6 Å². The van der Waals surface area contributed by atoms with Crippen LogP contribution in [-0.4, -0.2) is 18.5 Å². The zero-order valence-electron chi connectivity index (χ0n) is 6.79. The first-order chi connectivity index (χ1) is 6.20. The van der Waals surface area contributed by atoms with E-state index in [1.165, 1.54) is 19.2 Å². The molecule has 0 aliphatic carbocycles. The minimum atomic E-state index is -0.668. The van der Waals surface area contributed by atoms with Crippen LogP contribution in [0.5, 0.6) is 5.75 Å². The van der Waals surface area contributed by atoms with Gasteiger partial charge in [0.05, 0.1) is 13.3 Å². The molecule has 1 rings (SSSR count). The summed E-state index contributed by atoms with van der Waals surface area (Å²) in [5, 5.41) is 10.8. The highest BCUT2D eigenvalue weighted by Gasteiger charge is 2.10. The number of nitrogens with zero attached hydrogens (tertiary/aromatic N) is 1. The van der Waals surface area contributed by atoms with Crippen molar-refractivity contribution in [2.45, 2.75) is 0 Å². The molecule has 0 bridgehead atoms. The fourth-order valence-electron chi connectivity index (χ4n) is 0.866. The lowest BCUT2D eigenvalue weighted by molar-refractivity contribution is 0.321. The molecule has 1 aromatic carbocycles. The number of benzene rings is 1. The summed E-state index contributed by atoms with van der Waals surface area (Å²) in [6, 6.07) is 2.89. The summed E-state index contributed by atoms with van der Waals surface area (Å²) in [6.45, 7) is 0. The molecule has 0 fully saturated rings. The fourth-order valence-corrected chi connectivity index (χ4v) is 1.12. The zero-order chi connectivity index (χ0) is 9.84. The lowest BCUT2D eigenvalue weighted by atomic mass is 10.2. The Balaban J connectivity index is 3.22. The second-order valence-corrected chi connectivity index (χ2v) is 2.61. The lowest BCUT2D eigenvalue weighted by Crippen LogP contribution is -1.93. The van der Waals surface area contributed by atoms with E-state index in [0.717, 1.165) is 6.21 Å². The summed E-state index contributed by atoms with van der Waals surface area (Å²) in [5.74, 6) is -0.423. The van der Waals surface area contributed by atoms with E-state index >= 15 is 0 Å². The molecule has 0 aliphatic rings. The van der Waals surface area contributed by atoms with Crippen molar-refractivity contribution in [1.82, 2.24) is 0 Å². The first-order valence-corrected chi connectivity index (χ1v) is 3.78. The van der Waals surface area contributed by atoms with Crippen LogP contribution in [0.4, 0.5) is 4.39 Å². The van der Waals surface area contributed by atoms with E-state index in [9.17, 15) is 4.39 Å². The van der Waals surface area contributed by atoms with Crippen LogP contribution in [0.15, 0.2) is 17.3 Å². The zero-order valence-corrected chi connectivity index (χ0v) is 7.55. The van der Waals surface area contributed by atoms with Crippen molar-refractivity contribution in [3.8, 4) is 5.75 Å². The molecule has 13 heavy (non-hydrogen) atoms. The third-order valence-electron chi connectivity index (χ3n) is 1.49. The smallest absolute Gasteiger partial charge is 0.154 e. The van der Waals surface area contributed by atoms with Crippen molar-refractivity contribution >= 4 is 17.8 Å². The van der Waals surface area contributed by atoms with Gasteiger partial charge in [0, 0.05) is 5.56 Å². The Kier molecular flexibility index (Phi) is 3.08.